The van der Waals surface area contributed by atoms with Gasteiger partial charge in [0, 0.05) is 21.1 Å². The summed E-state index contributed by atoms with van der Waals surface area (Å²) in [5.74, 6) is -1.08. The van der Waals surface area contributed by atoms with E-state index < -0.39 is 11.6 Å². The molecule has 1 atom stereocenters. The molecule has 1 nitrogen and oxygen atoms in total. The standard InChI is InChI=1S/C15H13Br2F2N/c1-20-15(12-7-10(16)3-5-13(12)17)6-9-2-4-11(18)8-14(9)19/h2-5,7-8,15,20H,6H2,1H3. The lowest BCUT2D eigenvalue weighted by Gasteiger charge is -2.19. The number of hydrogen-bond acceptors (Lipinski definition) is 1. The van der Waals surface area contributed by atoms with Gasteiger partial charge in [0.05, 0.1) is 0 Å². The second kappa shape index (κ2) is 6.78. The Labute approximate surface area is 133 Å². The van der Waals surface area contributed by atoms with Gasteiger partial charge in [-0.25, -0.2) is 8.78 Å². The van der Waals surface area contributed by atoms with Crippen molar-refractivity contribution in [2.24, 2.45) is 0 Å². The van der Waals surface area contributed by atoms with Crippen molar-refractivity contribution in [3.8, 4) is 0 Å². The zero-order valence-corrected chi connectivity index (χ0v) is 13.9. The Bertz CT molecular complexity index is 617. The molecule has 0 aliphatic heterocycles. The van der Waals surface area contributed by atoms with E-state index in [0.717, 1.165) is 20.6 Å². The first-order valence-corrected chi connectivity index (χ1v) is 7.66. The summed E-state index contributed by atoms with van der Waals surface area (Å²) >= 11 is 6.93. The SMILES string of the molecule is CNC(Cc1ccc(F)cc1F)c1cc(Br)ccc1Br. The van der Waals surface area contributed by atoms with Gasteiger partial charge in [0.2, 0.25) is 0 Å². The van der Waals surface area contributed by atoms with Crippen LogP contribution in [-0.2, 0) is 6.42 Å². The first kappa shape index (κ1) is 15.6. The van der Waals surface area contributed by atoms with Crippen molar-refractivity contribution < 1.29 is 8.78 Å². The number of nitrogens with one attached hydrogen (secondary N) is 1. The summed E-state index contributed by atoms with van der Waals surface area (Å²) in [6.45, 7) is 0. The van der Waals surface area contributed by atoms with Gasteiger partial charge in [-0.05, 0) is 48.9 Å². The Morgan fingerprint density at radius 3 is 2.50 bits per heavy atom. The van der Waals surface area contributed by atoms with E-state index in [1.165, 1.54) is 12.1 Å². The van der Waals surface area contributed by atoms with Gasteiger partial charge in [0.15, 0.2) is 0 Å². The van der Waals surface area contributed by atoms with Crippen LogP contribution in [0.4, 0.5) is 8.78 Å². The normalized spacial score (nSPS) is 12.4. The molecule has 2 rings (SSSR count). The lowest BCUT2D eigenvalue weighted by atomic mass is 9.98. The van der Waals surface area contributed by atoms with Gasteiger partial charge in [0.25, 0.3) is 0 Å². The minimum absolute atomic E-state index is 0.0677. The second-order valence-electron chi connectivity index (χ2n) is 4.45. The van der Waals surface area contributed by atoms with Crippen molar-refractivity contribution >= 4 is 31.9 Å². The maximum Gasteiger partial charge on any atom is 0.129 e. The maximum atomic E-state index is 13.8. The van der Waals surface area contributed by atoms with Gasteiger partial charge < -0.3 is 5.32 Å². The topological polar surface area (TPSA) is 12.0 Å². The third-order valence-electron chi connectivity index (χ3n) is 3.12. The summed E-state index contributed by atoms with van der Waals surface area (Å²) in [5.41, 5.74) is 1.50. The number of rotatable bonds is 4. The second-order valence-corrected chi connectivity index (χ2v) is 6.22. The number of hydrogen-bond donors (Lipinski definition) is 1. The van der Waals surface area contributed by atoms with Gasteiger partial charge in [-0.1, -0.05) is 37.9 Å². The number of benzene rings is 2. The van der Waals surface area contributed by atoms with Crippen LogP contribution in [0, 0.1) is 11.6 Å². The molecule has 0 saturated heterocycles. The minimum atomic E-state index is -0.559. The predicted molar refractivity (Wildman–Crippen MR) is 83.7 cm³/mol. The summed E-state index contributed by atoms with van der Waals surface area (Å²) in [7, 11) is 1.82. The largest absolute Gasteiger partial charge is 0.313 e. The van der Waals surface area contributed by atoms with E-state index in [0.29, 0.717) is 12.0 Å². The van der Waals surface area contributed by atoms with Crippen molar-refractivity contribution in [1.82, 2.24) is 5.32 Å². The van der Waals surface area contributed by atoms with E-state index >= 15 is 0 Å². The minimum Gasteiger partial charge on any atom is -0.313 e. The average Bonchev–Trinajstić information content (AvgIpc) is 2.41. The maximum absolute atomic E-state index is 13.8. The van der Waals surface area contributed by atoms with Crippen LogP contribution in [0.2, 0.25) is 0 Å². The Hall–Kier alpha value is -0.780. The van der Waals surface area contributed by atoms with Crippen molar-refractivity contribution in [3.63, 3.8) is 0 Å². The molecule has 1 unspecified atom stereocenters. The number of likely N-dealkylation sites (N-methyl/N-ethyl adjacent to an activating group) is 1. The monoisotopic (exact) mass is 403 g/mol. The molecule has 2 aromatic carbocycles. The van der Waals surface area contributed by atoms with Crippen LogP contribution in [0.25, 0.3) is 0 Å². The van der Waals surface area contributed by atoms with Crippen LogP contribution in [-0.4, -0.2) is 7.05 Å². The van der Waals surface area contributed by atoms with Crippen LogP contribution in [0.15, 0.2) is 45.3 Å². The quantitative estimate of drug-likeness (QED) is 0.756. The van der Waals surface area contributed by atoms with E-state index in [4.69, 9.17) is 0 Å². The van der Waals surface area contributed by atoms with Gasteiger partial charge >= 0.3 is 0 Å². The molecule has 0 aromatic heterocycles. The third-order valence-corrected chi connectivity index (χ3v) is 4.34. The van der Waals surface area contributed by atoms with E-state index in [9.17, 15) is 8.78 Å². The first-order chi connectivity index (χ1) is 9.51. The zero-order chi connectivity index (χ0) is 14.7. The van der Waals surface area contributed by atoms with Gasteiger partial charge in [-0.2, -0.15) is 0 Å². The molecule has 1 N–H and O–H groups in total. The van der Waals surface area contributed by atoms with E-state index in [-0.39, 0.29) is 6.04 Å². The molecule has 0 spiro atoms. The fourth-order valence-corrected chi connectivity index (χ4v) is 2.96. The highest BCUT2D eigenvalue weighted by atomic mass is 79.9. The molecule has 0 bridgehead atoms. The predicted octanol–water partition coefficient (Wildman–Crippen LogP) is 4.99. The van der Waals surface area contributed by atoms with Gasteiger partial charge in [-0.15, -0.1) is 0 Å². The molecule has 0 amide bonds. The Morgan fingerprint density at radius 1 is 1.10 bits per heavy atom. The van der Waals surface area contributed by atoms with E-state index in [2.05, 4.69) is 37.2 Å². The molecule has 20 heavy (non-hydrogen) atoms. The van der Waals surface area contributed by atoms with Gasteiger partial charge in [-0.3, -0.25) is 0 Å². The van der Waals surface area contributed by atoms with Crippen LogP contribution in [0.3, 0.4) is 0 Å². The molecule has 0 aliphatic carbocycles. The van der Waals surface area contributed by atoms with Crippen LogP contribution < -0.4 is 5.32 Å². The first-order valence-electron chi connectivity index (χ1n) is 6.07. The molecule has 0 heterocycles. The van der Waals surface area contributed by atoms with E-state index in [1.807, 2.05) is 25.2 Å². The van der Waals surface area contributed by atoms with Crippen molar-refractivity contribution in [3.05, 3.63) is 68.1 Å². The van der Waals surface area contributed by atoms with E-state index in [1.54, 1.807) is 0 Å². The lowest BCUT2D eigenvalue weighted by Crippen LogP contribution is -2.20. The molecule has 0 fully saturated rings. The molecular weight excluding hydrogens is 392 g/mol. The van der Waals surface area contributed by atoms with Crippen molar-refractivity contribution in [1.29, 1.82) is 0 Å². The zero-order valence-electron chi connectivity index (χ0n) is 10.8. The average molecular weight is 405 g/mol. The summed E-state index contributed by atoms with van der Waals surface area (Å²) in [6, 6.07) is 9.46. The lowest BCUT2D eigenvalue weighted by molar-refractivity contribution is 0.540. The Morgan fingerprint density at radius 2 is 1.85 bits per heavy atom. The van der Waals surface area contributed by atoms with Crippen molar-refractivity contribution in [2.75, 3.05) is 7.05 Å². The summed E-state index contributed by atoms with van der Waals surface area (Å²) in [5, 5.41) is 3.17. The molecule has 106 valence electrons. The Balaban J connectivity index is 2.31. The number of halogens is 4. The Kier molecular flexibility index (Phi) is 5.29. The highest BCUT2D eigenvalue weighted by Crippen LogP contribution is 2.29. The summed E-state index contributed by atoms with van der Waals surface area (Å²) < 4.78 is 28.6. The third kappa shape index (κ3) is 3.65. The molecule has 0 saturated carbocycles. The van der Waals surface area contributed by atoms with Crippen LogP contribution in [0.5, 0.6) is 0 Å². The molecule has 0 radical (unpaired) electrons. The van der Waals surface area contributed by atoms with Crippen LogP contribution in [0.1, 0.15) is 17.2 Å². The van der Waals surface area contributed by atoms with Gasteiger partial charge in [0.1, 0.15) is 11.6 Å². The fraction of sp³-hybridized carbons (Fsp3) is 0.200. The molecule has 0 aliphatic rings. The highest BCUT2D eigenvalue weighted by Gasteiger charge is 2.16. The molecule has 5 heteroatoms. The molecule has 2 aromatic rings. The fourth-order valence-electron chi connectivity index (χ4n) is 2.06. The van der Waals surface area contributed by atoms with Crippen molar-refractivity contribution in [2.45, 2.75) is 12.5 Å². The van der Waals surface area contributed by atoms with Crippen LogP contribution >= 0.6 is 31.9 Å². The highest BCUT2D eigenvalue weighted by molar-refractivity contribution is 9.11. The smallest absolute Gasteiger partial charge is 0.129 e. The summed E-state index contributed by atoms with van der Waals surface area (Å²) in [4.78, 5) is 0. The summed E-state index contributed by atoms with van der Waals surface area (Å²) in [6.07, 6.45) is 0.442. The molecular formula is C15H13Br2F2N.